The summed E-state index contributed by atoms with van der Waals surface area (Å²) < 4.78 is 6.16. The van der Waals surface area contributed by atoms with Gasteiger partial charge in [0.2, 0.25) is 5.91 Å². The molecule has 1 heterocycles. The van der Waals surface area contributed by atoms with E-state index in [4.69, 9.17) is 10.5 Å². The summed E-state index contributed by atoms with van der Waals surface area (Å²) in [6.45, 7) is 1.56. The van der Waals surface area contributed by atoms with Crippen LogP contribution in [0.5, 0.6) is 0 Å². The summed E-state index contributed by atoms with van der Waals surface area (Å²) in [7, 11) is 1.76. The molecule has 0 aliphatic carbocycles. The van der Waals surface area contributed by atoms with Crippen LogP contribution in [0.15, 0.2) is 15.2 Å². The Balaban J connectivity index is 2.34. The monoisotopic (exact) mass is 306 g/mol. The van der Waals surface area contributed by atoms with E-state index in [0.717, 1.165) is 9.35 Å². The predicted octanol–water partition coefficient (Wildman–Crippen LogP) is 1.44. The van der Waals surface area contributed by atoms with Crippen LogP contribution in [-0.4, -0.2) is 37.6 Å². The Kier molecular flexibility index (Phi) is 5.97. The van der Waals surface area contributed by atoms with Crippen molar-refractivity contribution in [1.82, 2.24) is 4.90 Å². The zero-order valence-corrected chi connectivity index (χ0v) is 11.5. The maximum Gasteiger partial charge on any atom is 0.248 e. The van der Waals surface area contributed by atoms with Gasteiger partial charge in [0.15, 0.2) is 0 Å². The molecule has 90 valence electrons. The highest BCUT2D eigenvalue weighted by atomic mass is 79.9. The second-order valence-electron chi connectivity index (χ2n) is 3.35. The Labute approximate surface area is 108 Å². The van der Waals surface area contributed by atoms with Crippen LogP contribution in [0.25, 0.3) is 0 Å². The van der Waals surface area contributed by atoms with Gasteiger partial charge in [0.05, 0.1) is 10.4 Å². The molecule has 0 saturated heterocycles. The Hall–Kier alpha value is -0.430. The lowest BCUT2D eigenvalue weighted by molar-refractivity contribution is -0.135. The van der Waals surface area contributed by atoms with Gasteiger partial charge in [0.1, 0.15) is 6.61 Å². The molecule has 1 rings (SSSR count). The zero-order valence-electron chi connectivity index (χ0n) is 9.11. The minimum absolute atomic E-state index is 0.0317. The van der Waals surface area contributed by atoms with Gasteiger partial charge in [-0.15, -0.1) is 11.3 Å². The summed E-state index contributed by atoms with van der Waals surface area (Å²) in [5.74, 6) is -0.0317. The lowest BCUT2D eigenvalue weighted by Crippen LogP contribution is -2.30. The van der Waals surface area contributed by atoms with Crippen molar-refractivity contribution in [3.05, 3.63) is 20.8 Å². The smallest absolute Gasteiger partial charge is 0.248 e. The fourth-order valence-electron chi connectivity index (χ4n) is 1.14. The van der Waals surface area contributed by atoms with Crippen molar-refractivity contribution in [2.45, 2.75) is 6.54 Å². The Morgan fingerprint density at radius 1 is 1.69 bits per heavy atom. The third-order valence-corrected chi connectivity index (χ3v) is 3.51. The van der Waals surface area contributed by atoms with Gasteiger partial charge in [0, 0.05) is 20.1 Å². The van der Waals surface area contributed by atoms with Crippen molar-refractivity contribution in [1.29, 1.82) is 0 Å². The van der Waals surface area contributed by atoms with Crippen LogP contribution >= 0.6 is 27.3 Å². The largest absolute Gasteiger partial charge is 0.370 e. The number of halogens is 1. The lowest BCUT2D eigenvalue weighted by Gasteiger charge is -2.16. The second-order valence-corrected chi connectivity index (χ2v) is 5.64. The number of likely N-dealkylation sites (N-methyl/N-ethyl adjacent to an activating group) is 1. The first-order valence-corrected chi connectivity index (χ1v) is 6.55. The van der Waals surface area contributed by atoms with Gasteiger partial charge in [0.25, 0.3) is 0 Å². The van der Waals surface area contributed by atoms with Crippen LogP contribution in [0.2, 0.25) is 0 Å². The van der Waals surface area contributed by atoms with E-state index >= 15 is 0 Å². The fourth-order valence-corrected chi connectivity index (χ4v) is 2.34. The van der Waals surface area contributed by atoms with Gasteiger partial charge in [-0.2, -0.15) is 0 Å². The van der Waals surface area contributed by atoms with Gasteiger partial charge in [-0.3, -0.25) is 4.79 Å². The van der Waals surface area contributed by atoms with Crippen molar-refractivity contribution < 1.29 is 9.53 Å². The normalized spacial score (nSPS) is 10.4. The number of rotatable bonds is 6. The zero-order chi connectivity index (χ0) is 12.0. The average Bonchev–Trinajstić information content (AvgIpc) is 2.64. The second kappa shape index (κ2) is 7.01. The van der Waals surface area contributed by atoms with E-state index in [9.17, 15) is 4.79 Å². The van der Waals surface area contributed by atoms with Crippen molar-refractivity contribution in [2.75, 3.05) is 26.8 Å². The fraction of sp³-hybridized carbons (Fsp3) is 0.500. The van der Waals surface area contributed by atoms with Crippen molar-refractivity contribution in [3.63, 3.8) is 0 Å². The van der Waals surface area contributed by atoms with Crippen LogP contribution in [0, 0.1) is 0 Å². The van der Waals surface area contributed by atoms with E-state index in [1.807, 2.05) is 11.4 Å². The molecular weight excluding hydrogens is 292 g/mol. The van der Waals surface area contributed by atoms with Crippen LogP contribution in [0.1, 0.15) is 5.56 Å². The highest BCUT2D eigenvalue weighted by Crippen LogP contribution is 2.21. The summed E-state index contributed by atoms with van der Waals surface area (Å²) in [5, 5.41) is 2.02. The summed E-state index contributed by atoms with van der Waals surface area (Å²) in [6, 6.07) is 2.01. The van der Waals surface area contributed by atoms with E-state index in [0.29, 0.717) is 19.7 Å². The molecule has 1 aromatic heterocycles. The van der Waals surface area contributed by atoms with Gasteiger partial charge in [-0.25, -0.2) is 0 Å². The molecule has 1 aromatic rings. The molecule has 16 heavy (non-hydrogen) atoms. The molecular formula is C10H15BrN2O2S. The van der Waals surface area contributed by atoms with Gasteiger partial charge in [-0.1, -0.05) is 0 Å². The first kappa shape index (κ1) is 13.6. The minimum Gasteiger partial charge on any atom is -0.370 e. The van der Waals surface area contributed by atoms with E-state index in [1.165, 1.54) is 0 Å². The lowest BCUT2D eigenvalue weighted by atomic mass is 10.3. The standard InChI is InChI=1S/C10H15BrN2O2S/c1-13(10(14)6-15-3-2-12)5-8-4-9(11)16-7-8/h4,7H,2-3,5-6,12H2,1H3. The Morgan fingerprint density at radius 2 is 2.44 bits per heavy atom. The van der Waals surface area contributed by atoms with Crippen molar-refractivity contribution in [3.8, 4) is 0 Å². The summed E-state index contributed by atoms with van der Waals surface area (Å²) >= 11 is 5.00. The molecule has 1 amide bonds. The third kappa shape index (κ3) is 4.61. The molecule has 0 aliphatic heterocycles. The van der Waals surface area contributed by atoms with Gasteiger partial charge < -0.3 is 15.4 Å². The average molecular weight is 307 g/mol. The Bertz CT molecular complexity index is 343. The van der Waals surface area contributed by atoms with Crippen LogP contribution < -0.4 is 5.73 Å². The SMILES string of the molecule is CN(Cc1csc(Br)c1)C(=O)COCCN. The topological polar surface area (TPSA) is 55.6 Å². The molecule has 0 aliphatic rings. The highest BCUT2D eigenvalue weighted by molar-refractivity contribution is 9.11. The molecule has 0 spiro atoms. The quantitative estimate of drug-likeness (QED) is 0.809. The number of nitrogens with two attached hydrogens (primary N) is 1. The molecule has 0 aromatic carbocycles. The van der Waals surface area contributed by atoms with Gasteiger partial charge >= 0.3 is 0 Å². The number of nitrogens with zero attached hydrogens (tertiary/aromatic N) is 1. The predicted molar refractivity (Wildman–Crippen MR) is 68.4 cm³/mol. The van der Waals surface area contributed by atoms with Crippen molar-refractivity contribution in [2.24, 2.45) is 5.73 Å². The number of carbonyl (C=O) groups is 1. The molecule has 0 atom stereocenters. The minimum atomic E-state index is -0.0317. The molecule has 2 N–H and O–H groups in total. The number of thiophene rings is 1. The Morgan fingerprint density at radius 3 is 3.00 bits per heavy atom. The number of hydrogen-bond acceptors (Lipinski definition) is 4. The van der Waals surface area contributed by atoms with E-state index in [-0.39, 0.29) is 12.5 Å². The molecule has 0 fully saturated rings. The number of hydrogen-bond donors (Lipinski definition) is 1. The summed E-state index contributed by atoms with van der Waals surface area (Å²) in [5.41, 5.74) is 6.38. The molecule has 4 nitrogen and oxygen atoms in total. The maximum absolute atomic E-state index is 11.6. The maximum atomic E-state index is 11.6. The number of amides is 1. The molecule has 0 radical (unpaired) electrons. The number of carbonyl (C=O) groups excluding carboxylic acids is 1. The first-order valence-electron chi connectivity index (χ1n) is 4.88. The van der Waals surface area contributed by atoms with Crippen LogP contribution in [-0.2, 0) is 16.1 Å². The highest BCUT2D eigenvalue weighted by Gasteiger charge is 2.09. The molecule has 0 unspecified atom stereocenters. The summed E-state index contributed by atoms with van der Waals surface area (Å²) in [4.78, 5) is 13.2. The van der Waals surface area contributed by atoms with E-state index < -0.39 is 0 Å². The van der Waals surface area contributed by atoms with Crippen LogP contribution in [0.4, 0.5) is 0 Å². The van der Waals surface area contributed by atoms with Crippen LogP contribution in [0.3, 0.4) is 0 Å². The first-order chi connectivity index (χ1) is 7.63. The van der Waals surface area contributed by atoms with E-state index in [1.54, 1.807) is 23.3 Å². The van der Waals surface area contributed by atoms with Gasteiger partial charge in [-0.05, 0) is 32.9 Å². The number of ether oxygens (including phenoxy) is 1. The molecule has 6 heteroatoms. The third-order valence-electron chi connectivity index (χ3n) is 1.95. The molecule has 0 saturated carbocycles. The van der Waals surface area contributed by atoms with E-state index in [2.05, 4.69) is 15.9 Å². The molecule has 0 bridgehead atoms. The summed E-state index contributed by atoms with van der Waals surface area (Å²) in [6.07, 6.45) is 0. The van der Waals surface area contributed by atoms with Crippen molar-refractivity contribution >= 4 is 33.2 Å².